The van der Waals surface area contributed by atoms with Crippen LogP contribution in [0.2, 0.25) is 0 Å². The van der Waals surface area contributed by atoms with Gasteiger partial charge >= 0.3 is 0 Å². The molecule has 0 saturated carbocycles. The molecular formula is C12H13N3O. The Labute approximate surface area is 93.0 Å². The highest BCUT2D eigenvalue weighted by Crippen LogP contribution is 2.11. The molecule has 0 saturated heterocycles. The van der Waals surface area contributed by atoms with Gasteiger partial charge in [0.05, 0.1) is 12.1 Å². The molecule has 0 aliphatic heterocycles. The summed E-state index contributed by atoms with van der Waals surface area (Å²) in [6.07, 6.45) is 1.67. The summed E-state index contributed by atoms with van der Waals surface area (Å²) in [7, 11) is 0. The summed E-state index contributed by atoms with van der Waals surface area (Å²) in [4.78, 5) is 14.9. The number of hydrogen-bond donors (Lipinski definition) is 2. The van der Waals surface area contributed by atoms with E-state index >= 15 is 0 Å². The van der Waals surface area contributed by atoms with Gasteiger partial charge in [-0.2, -0.15) is 0 Å². The summed E-state index contributed by atoms with van der Waals surface area (Å²) in [5.41, 5.74) is 0.744. The largest absolute Gasteiger partial charge is 0.340 e. The first-order valence-electron chi connectivity index (χ1n) is 4.97. The number of para-hydroxylation sites is 1. The Bertz CT molecular complexity index is 574. The van der Waals surface area contributed by atoms with Crippen molar-refractivity contribution in [2.24, 2.45) is 5.84 Å². The van der Waals surface area contributed by atoms with E-state index in [1.54, 1.807) is 12.1 Å². The van der Waals surface area contributed by atoms with Crippen LogP contribution in [0, 0.1) is 0 Å². The molecular weight excluding hydrogens is 202 g/mol. The number of nitrogens with one attached hydrogen (secondary N) is 1. The van der Waals surface area contributed by atoms with Gasteiger partial charge in [0, 0.05) is 11.5 Å². The molecule has 0 atom stereocenters. The Balaban J connectivity index is 2.58. The second-order valence-corrected chi connectivity index (χ2v) is 3.51. The highest BCUT2D eigenvalue weighted by atomic mass is 16.1. The number of nitrogens with two attached hydrogens (primary N) is 1. The average Bonchev–Trinajstić information content (AvgIpc) is 2.29. The van der Waals surface area contributed by atoms with E-state index < -0.39 is 0 Å². The number of fused-ring (bicyclic) bond motifs is 1. The fraction of sp³-hybridized carbons (Fsp3) is 0.0833. The molecule has 0 amide bonds. The summed E-state index contributed by atoms with van der Waals surface area (Å²) < 4.78 is 0. The standard InChI is InChI=1S/C12H13N3O/c1-2-7-15(13)12-8-11(16)9-5-3-4-6-10(9)14-12/h2-6,8H,1,7,13H2,(H,14,16). The van der Waals surface area contributed by atoms with E-state index in [0.717, 1.165) is 5.52 Å². The lowest BCUT2D eigenvalue weighted by Crippen LogP contribution is -2.32. The van der Waals surface area contributed by atoms with Crippen LogP contribution in [0.1, 0.15) is 0 Å². The van der Waals surface area contributed by atoms with Crippen LogP contribution in [0.4, 0.5) is 5.82 Å². The van der Waals surface area contributed by atoms with Gasteiger partial charge in [0.15, 0.2) is 5.43 Å². The number of nitrogens with zero attached hydrogens (tertiary/aromatic N) is 1. The topological polar surface area (TPSA) is 62.1 Å². The number of hydrazine groups is 1. The third kappa shape index (κ3) is 1.83. The van der Waals surface area contributed by atoms with Crippen molar-refractivity contribution in [3.05, 3.63) is 53.2 Å². The van der Waals surface area contributed by atoms with E-state index in [2.05, 4.69) is 11.6 Å². The normalized spacial score (nSPS) is 10.3. The van der Waals surface area contributed by atoms with Crippen molar-refractivity contribution in [1.29, 1.82) is 0 Å². The van der Waals surface area contributed by atoms with Crippen molar-refractivity contribution in [3.8, 4) is 0 Å². The first kappa shape index (κ1) is 10.4. The number of rotatable bonds is 3. The molecule has 0 radical (unpaired) electrons. The zero-order chi connectivity index (χ0) is 11.5. The molecule has 1 aromatic heterocycles. The fourth-order valence-electron chi connectivity index (χ4n) is 1.58. The maximum Gasteiger partial charge on any atom is 0.191 e. The Morgan fingerprint density at radius 2 is 2.19 bits per heavy atom. The summed E-state index contributed by atoms with van der Waals surface area (Å²) in [5, 5.41) is 2.11. The van der Waals surface area contributed by atoms with Crippen LogP contribution in [0.25, 0.3) is 10.9 Å². The number of anilines is 1. The van der Waals surface area contributed by atoms with Crippen LogP contribution < -0.4 is 16.3 Å². The first-order chi connectivity index (χ1) is 7.72. The summed E-state index contributed by atoms with van der Waals surface area (Å²) in [5.74, 6) is 6.34. The summed E-state index contributed by atoms with van der Waals surface area (Å²) in [6.45, 7) is 4.08. The number of H-pyrrole nitrogens is 1. The molecule has 0 aliphatic rings. The lowest BCUT2D eigenvalue weighted by Gasteiger charge is -2.16. The predicted molar refractivity (Wildman–Crippen MR) is 66.3 cm³/mol. The molecule has 2 aromatic rings. The number of hydrogen-bond acceptors (Lipinski definition) is 3. The van der Waals surface area contributed by atoms with Crippen LogP contribution in [-0.2, 0) is 0 Å². The smallest absolute Gasteiger partial charge is 0.191 e. The number of pyridine rings is 1. The van der Waals surface area contributed by atoms with Crippen LogP contribution in [0.15, 0.2) is 47.8 Å². The zero-order valence-corrected chi connectivity index (χ0v) is 8.81. The fourth-order valence-corrected chi connectivity index (χ4v) is 1.58. The van der Waals surface area contributed by atoms with Crippen molar-refractivity contribution in [2.45, 2.75) is 0 Å². The minimum absolute atomic E-state index is 0.0381. The molecule has 82 valence electrons. The van der Waals surface area contributed by atoms with E-state index in [4.69, 9.17) is 5.84 Å². The quantitative estimate of drug-likeness (QED) is 0.462. The van der Waals surface area contributed by atoms with E-state index in [9.17, 15) is 4.79 Å². The lowest BCUT2D eigenvalue weighted by atomic mass is 10.2. The van der Waals surface area contributed by atoms with Gasteiger partial charge in [-0.05, 0) is 12.1 Å². The Hall–Kier alpha value is -2.07. The second-order valence-electron chi connectivity index (χ2n) is 3.51. The summed E-state index contributed by atoms with van der Waals surface area (Å²) in [6, 6.07) is 8.83. The van der Waals surface area contributed by atoms with E-state index in [1.807, 2.05) is 18.2 Å². The minimum Gasteiger partial charge on any atom is -0.340 e. The Kier molecular flexibility index (Phi) is 2.74. The van der Waals surface area contributed by atoms with Crippen molar-refractivity contribution < 1.29 is 0 Å². The van der Waals surface area contributed by atoms with Gasteiger partial charge in [0.25, 0.3) is 0 Å². The highest BCUT2D eigenvalue weighted by Gasteiger charge is 2.04. The second kappa shape index (κ2) is 4.20. The highest BCUT2D eigenvalue weighted by molar-refractivity contribution is 5.79. The molecule has 0 aliphatic carbocycles. The van der Waals surface area contributed by atoms with E-state index in [1.165, 1.54) is 11.1 Å². The molecule has 0 unspecified atom stereocenters. The maximum absolute atomic E-state index is 11.8. The van der Waals surface area contributed by atoms with Gasteiger partial charge in [-0.15, -0.1) is 6.58 Å². The zero-order valence-electron chi connectivity index (χ0n) is 8.81. The molecule has 4 heteroatoms. The van der Waals surface area contributed by atoms with Gasteiger partial charge in [-0.3, -0.25) is 9.80 Å². The number of benzene rings is 1. The lowest BCUT2D eigenvalue weighted by molar-refractivity contribution is 0.916. The molecule has 2 rings (SSSR count). The average molecular weight is 215 g/mol. The van der Waals surface area contributed by atoms with Gasteiger partial charge in [0.1, 0.15) is 5.82 Å². The van der Waals surface area contributed by atoms with Gasteiger partial charge in [-0.1, -0.05) is 18.2 Å². The molecule has 0 fully saturated rings. The molecule has 16 heavy (non-hydrogen) atoms. The molecule has 1 heterocycles. The SMILES string of the molecule is C=CCN(N)c1cc(=O)c2ccccc2[nH]1. The third-order valence-electron chi connectivity index (χ3n) is 2.36. The third-order valence-corrected chi connectivity index (χ3v) is 2.36. The number of aromatic nitrogens is 1. The predicted octanol–water partition coefficient (Wildman–Crippen LogP) is 1.39. The molecule has 3 N–H and O–H groups in total. The molecule has 0 spiro atoms. The summed E-state index contributed by atoms with van der Waals surface area (Å²) >= 11 is 0. The van der Waals surface area contributed by atoms with E-state index in [-0.39, 0.29) is 5.43 Å². The van der Waals surface area contributed by atoms with Crippen molar-refractivity contribution in [2.75, 3.05) is 11.6 Å². The van der Waals surface area contributed by atoms with Crippen LogP contribution in [0.5, 0.6) is 0 Å². The van der Waals surface area contributed by atoms with Crippen molar-refractivity contribution >= 4 is 16.7 Å². The maximum atomic E-state index is 11.8. The molecule has 1 aromatic carbocycles. The number of aromatic amines is 1. The minimum atomic E-state index is -0.0381. The Morgan fingerprint density at radius 3 is 2.94 bits per heavy atom. The molecule has 4 nitrogen and oxygen atoms in total. The Morgan fingerprint density at radius 1 is 1.44 bits per heavy atom. The molecule has 0 bridgehead atoms. The van der Waals surface area contributed by atoms with Crippen LogP contribution in [0.3, 0.4) is 0 Å². The monoisotopic (exact) mass is 215 g/mol. The van der Waals surface area contributed by atoms with Crippen LogP contribution in [-0.4, -0.2) is 11.5 Å². The van der Waals surface area contributed by atoms with E-state index in [0.29, 0.717) is 17.7 Å². The van der Waals surface area contributed by atoms with Gasteiger partial charge in [-0.25, -0.2) is 5.84 Å². The van der Waals surface area contributed by atoms with Gasteiger partial charge in [0.2, 0.25) is 0 Å². The van der Waals surface area contributed by atoms with Crippen molar-refractivity contribution in [1.82, 2.24) is 4.98 Å². The van der Waals surface area contributed by atoms with Crippen molar-refractivity contribution in [3.63, 3.8) is 0 Å². The first-order valence-corrected chi connectivity index (χ1v) is 4.97. The van der Waals surface area contributed by atoms with Crippen LogP contribution >= 0.6 is 0 Å². The van der Waals surface area contributed by atoms with Gasteiger partial charge < -0.3 is 4.98 Å².